The van der Waals surface area contributed by atoms with Crippen molar-refractivity contribution in [2.75, 3.05) is 19.8 Å². The number of hydrogen-bond acceptors (Lipinski definition) is 2. The zero-order valence-corrected chi connectivity index (χ0v) is 8.69. The highest BCUT2D eigenvalue weighted by Crippen LogP contribution is 2.13. The van der Waals surface area contributed by atoms with Crippen molar-refractivity contribution in [3.05, 3.63) is 0 Å². The zero-order valence-electron chi connectivity index (χ0n) is 8.69. The first-order valence-electron chi connectivity index (χ1n) is 4.91. The highest BCUT2D eigenvalue weighted by molar-refractivity contribution is 5.81. The van der Waals surface area contributed by atoms with Gasteiger partial charge in [0.15, 0.2) is 0 Å². The van der Waals surface area contributed by atoms with Crippen LogP contribution in [0.2, 0.25) is 0 Å². The van der Waals surface area contributed by atoms with Crippen molar-refractivity contribution in [2.45, 2.75) is 32.4 Å². The van der Waals surface area contributed by atoms with Gasteiger partial charge in [0.25, 0.3) is 0 Å². The predicted octanol–water partition coefficient (Wildman–Crippen LogP) is 1.87. The predicted molar refractivity (Wildman–Crippen MR) is 49.4 cm³/mol. The van der Waals surface area contributed by atoms with Crippen molar-refractivity contribution in [3.8, 4) is 0 Å². The summed E-state index contributed by atoms with van der Waals surface area (Å²) in [6.07, 6.45) is -2.44. The normalized spacial score (nSPS) is 11.5. The Kier molecular flexibility index (Phi) is 7.11. The quantitative estimate of drug-likeness (QED) is 0.674. The molecule has 0 radical (unpaired) electrons. The summed E-state index contributed by atoms with van der Waals surface area (Å²) < 4.78 is 40.2. The number of carbonyl (C=O) groups is 1. The molecule has 0 fully saturated rings. The molecule has 1 N–H and O–H groups in total. The van der Waals surface area contributed by atoms with E-state index in [-0.39, 0.29) is 6.54 Å². The largest absolute Gasteiger partial charge is 0.471 e. The second-order valence-electron chi connectivity index (χ2n) is 3.07. The Labute approximate surface area is 87.0 Å². The molecular weight excluding hydrogens is 211 g/mol. The number of ether oxygens (including phenoxy) is 1. The molecule has 15 heavy (non-hydrogen) atoms. The summed E-state index contributed by atoms with van der Waals surface area (Å²) >= 11 is 0. The fraction of sp³-hybridized carbons (Fsp3) is 0.889. The van der Waals surface area contributed by atoms with Crippen molar-refractivity contribution in [1.29, 1.82) is 0 Å². The summed E-state index contributed by atoms with van der Waals surface area (Å²) in [6, 6.07) is 0. The molecule has 0 aromatic rings. The molecule has 0 unspecified atom stereocenters. The van der Waals surface area contributed by atoms with Gasteiger partial charge in [-0.25, -0.2) is 0 Å². The zero-order chi connectivity index (χ0) is 11.7. The molecule has 0 aliphatic heterocycles. The lowest BCUT2D eigenvalue weighted by atomic mass is 10.3. The van der Waals surface area contributed by atoms with E-state index >= 15 is 0 Å². The maximum absolute atomic E-state index is 11.7. The fourth-order valence-electron chi connectivity index (χ4n) is 0.825. The lowest BCUT2D eigenvalue weighted by Gasteiger charge is -2.07. The molecule has 1 amide bonds. The van der Waals surface area contributed by atoms with Crippen molar-refractivity contribution in [1.82, 2.24) is 5.32 Å². The van der Waals surface area contributed by atoms with E-state index in [9.17, 15) is 18.0 Å². The summed E-state index contributed by atoms with van der Waals surface area (Å²) in [5.74, 6) is -1.89. The molecule has 90 valence electrons. The van der Waals surface area contributed by atoms with Gasteiger partial charge in [-0.05, 0) is 12.8 Å². The third-order valence-corrected chi connectivity index (χ3v) is 1.65. The Balaban J connectivity index is 3.28. The number of amides is 1. The molecule has 0 spiro atoms. The van der Waals surface area contributed by atoms with Gasteiger partial charge in [0.2, 0.25) is 0 Å². The van der Waals surface area contributed by atoms with Gasteiger partial charge in [-0.15, -0.1) is 0 Å². The van der Waals surface area contributed by atoms with Gasteiger partial charge in [0, 0.05) is 19.8 Å². The van der Waals surface area contributed by atoms with E-state index < -0.39 is 12.1 Å². The first-order chi connectivity index (χ1) is 6.98. The average Bonchev–Trinajstić information content (AvgIpc) is 2.14. The Bertz CT molecular complexity index is 183. The minimum absolute atomic E-state index is 0.00946. The third kappa shape index (κ3) is 8.23. The van der Waals surface area contributed by atoms with Crippen LogP contribution in [0.4, 0.5) is 13.2 Å². The Hall–Kier alpha value is -0.780. The molecule has 0 aromatic heterocycles. The molecule has 0 aliphatic rings. The summed E-state index contributed by atoms with van der Waals surface area (Å²) in [5, 5.41) is 1.77. The summed E-state index contributed by atoms with van der Waals surface area (Å²) in [4.78, 5) is 10.3. The van der Waals surface area contributed by atoms with Crippen LogP contribution >= 0.6 is 0 Å². The molecule has 0 heterocycles. The number of alkyl halides is 3. The first kappa shape index (κ1) is 14.2. The van der Waals surface area contributed by atoms with Gasteiger partial charge >= 0.3 is 12.1 Å². The number of unbranched alkanes of at least 4 members (excludes halogenated alkanes) is 1. The lowest BCUT2D eigenvalue weighted by Crippen LogP contribution is -2.37. The number of nitrogens with one attached hydrogen (secondary N) is 1. The van der Waals surface area contributed by atoms with Crippen LogP contribution in [0.3, 0.4) is 0 Å². The highest BCUT2D eigenvalue weighted by Gasteiger charge is 2.38. The molecule has 0 bridgehead atoms. The third-order valence-electron chi connectivity index (χ3n) is 1.65. The topological polar surface area (TPSA) is 38.3 Å². The van der Waals surface area contributed by atoms with Gasteiger partial charge in [-0.2, -0.15) is 13.2 Å². The molecule has 3 nitrogen and oxygen atoms in total. The monoisotopic (exact) mass is 227 g/mol. The standard InChI is InChI=1S/C9H16F3NO2/c1-2-3-6-15-7-4-5-13-8(14)9(10,11)12/h2-7H2,1H3,(H,13,14). The van der Waals surface area contributed by atoms with Crippen LogP contribution < -0.4 is 5.32 Å². The Morgan fingerprint density at radius 2 is 1.87 bits per heavy atom. The Morgan fingerprint density at radius 3 is 2.40 bits per heavy atom. The molecule has 0 saturated carbocycles. The van der Waals surface area contributed by atoms with Crippen molar-refractivity contribution in [2.24, 2.45) is 0 Å². The molecular formula is C9H16F3NO2. The van der Waals surface area contributed by atoms with Gasteiger partial charge < -0.3 is 10.1 Å². The second kappa shape index (κ2) is 7.50. The average molecular weight is 227 g/mol. The van der Waals surface area contributed by atoms with Crippen molar-refractivity contribution < 1.29 is 22.7 Å². The SMILES string of the molecule is CCCCOCCCNC(=O)C(F)(F)F. The van der Waals surface area contributed by atoms with Crippen molar-refractivity contribution >= 4 is 5.91 Å². The van der Waals surface area contributed by atoms with Gasteiger partial charge in [-0.1, -0.05) is 13.3 Å². The van der Waals surface area contributed by atoms with E-state index in [2.05, 4.69) is 0 Å². The van der Waals surface area contributed by atoms with Crippen LogP contribution in [0.1, 0.15) is 26.2 Å². The van der Waals surface area contributed by atoms with Gasteiger partial charge in [0.1, 0.15) is 0 Å². The summed E-state index contributed by atoms with van der Waals surface area (Å²) in [5.41, 5.74) is 0. The minimum atomic E-state index is -4.79. The van der Waals surface area contributed by atoms with E-state index in [0.29, 0.717) is 19.6 Å². The van der Waals surface area contributed by atoms with E-state index in [0.717, 1.165) is 12.8 Å². The maximum Gasteiger partial charge on any atom is 0.471 e. The van der Waals surface area contributed by atoms with Crippen LogP contribution in [-0.4, -0.2) is 31.8 Å². The van der Waals surface area contributed by atoms with E-state index in [1.54, 1.807) is 5.32 Å². The molecule has 6 heteroatoms. The van der Waals surface area contributed by atoms with Crippen LogP contribution in [0, 0.1) is 0 Å². The van der Waals surface area contributed by atoms with E-state index in [1.807, 2.05) is 6.92 Å². The summed E-state index contributed by atoms with van der Waals surface area (Å²) in [7, 11) is 0. The van der Waals surface area contributed by atoms with Crippen LogP contribution in [0.5, 0.6) is 0 Å². The number of halogens is 3. The van der Waals surface area contributed by atoms with Gasteiger partial charge in [-0.3, -0.25) is 4.79 Å². The van der Waals surface area contributed by atoms with Crippen molar-refractivity contribution in [3.63, 3.8) is 0 Å². The molecule has 0 rings (SSSR count). The van der Waals surface area contributed by atoms with Crippen LogP contribution in [-0.2, 0) is 9.53 Å². The number of hydrogen-bond donors (Lipinski definition) is 1. The Morgan fingerprint density at radius 1 is 1.27 bits per heavy atom. The van der Waals surface area contributed by atoms with Crippen LogP contribution in [0.25, 0.3) is 0 Å². The number of rotatable bonds is 7. The molecule has 0 saturated heterocycles. The van der Waals surface area contributed by atoms with Crippen LogP contribution in [0.15, 0.2) is 0 Å². The molecule has 0 aliphatic carbocycles. The second-order valence-corrected chi connectivity index (χ2v) is 3.07. The van der Waals surface area contributed by atoms with Gasteiger partial charge in [0.05, 0.1) is 0 Å². The highest BCUT2D eigenvalue weighted by atomic mass is 19.4. The maximum atomic E-state index is 11.7. The lowest BCUT2D eigenvalue weighted by molar-refractivity contribution is -0.173. The summed E-state index contributed by atoms with van der Waals surface area (Å²) in [6.45, 7) is 3.00. The smallest absolute Gasteiger partial charge is 0.381 e. The fourth-order valence-corrected chi connectivity index (χ4v) is 0.825. The van der Waals surface area contributed by atoms with E-state index in [4.69, 9.17) is 4.74 Å². The minimum Gasteiger partial charge on any atom is -0.381 e. The van der Waals surface area contributed by atoms with E-state index in [1.165, 1.54) is 0 Å². The number of carbonyl (C=O) groups excluding carboxylic acids is 1. The molecule has 0 atom stereocenters. The molecule has 0 aromatic carbocycles. The first-order valence-corrected chi connectivity index (χ1v) is 4.91.